The minimum Gasteiger partial charge on any atom is -0.493 e. The van der Waals surface area contributed by atoms with Crippen molar-refractivity contribution < 1.29 is 9.47 Å². The molecular formula is C25H27ClN2O2S. The molecule has 0 fully saturated rings. The third-order valence-electron chi connectivity index (χ3n) is 5.19. The van der Waals surface area contributed by atoms with Gasteiger partial charge in [0.15, 0.2) is 11.5 Å². The molecule has 0 atom stereocenters. The lowest BCUT2D eigenvalue weighted by molar-refractivity contribution is 0.284. The Labute approximate surface area is 193 Å². The number of methoxy groups -OCH3 is 1. The molecule has 0 aliphatic carbocycles. The van der Waals surface area contributed by atoms with Gasteiger partial charge in [-0.2, -0.15) is 0 Å². The quantitative estimate of drug-likeness (QED) is 0.387. The van der Waals surface area contributed by atoms with Crippen LogP contribution in [0.25, 0.3) is 0 Å². The largest absolute Gasteiger partial charge is 0.493 e. The molecule has 0 bridgehead atoms. The number of hydrogen-bond donors (Lipinski definition) is 0. The Hall–Kier alpha value is -2.34. The average molecular weight is 455 g/mol. The first-order valence-corrected chi connectivity index (χ1v) is 11.5. The fourth-order valence-electron chi connectivity index (χ4n) is 3.65. The van der Waals surface area contributed by atoms with E-state index in [2.05, 4.69) is 60.3 Å². The summed E-state index contributed by atoms with van der Waals surface area (Å²) in [6, 6.07) is 20.5. The molecule has 0 unspecified atom stereocenters. The van der Waals surface area contributed by atoms with Crippen LogP contribution >= 0.6 is 23.4 Å². The van der Waals surface area contributed by atoms with Crippen molar-refractivity contribution in [1.29, 1.82) is 0 Å². The maximum Gasteiger partial charge on any atom is 0.163 e. The lowest BCUT2D eigenvalue weighted by Crippen LogP contribution is -2.25. The Morgan fingerprint density at radius 3 is 2.45 bits per heavy atom. The highest BCUT2D eigenvalue weighted by Crippen LogP contribution is 2.52. The first-order chi connectivity index (χ1) is 15.0. The summed E-state index contributed by atoms with van der Waals surface area (Å²) in [7, 11) is 5.89. The Kier molecular flexibility index (Phi) is 6.96. The van der Waals surface area contributed by atoms with Crippen molar-refractivity contribution in [2.24, 2.45) is 0 Å². The molecule has 0 saturated carbocycles. The van der Waals surface area contributed by atoms with Crippen LogP contribution in [0.2, 0.25) is 5.02 Å². The molecule has 0 aromatic heterocycles. The second kappa shape index (κ2) is 9.86. The number of anilines is 2. The summed E-state index contributed by atoms with van der Waals surface area (Å²) in [5.41, 5.74) is 3.39. The number of ether oxygens (including phenoxy) is 2. The zero-order chi connectivity index (χ0) is 21.8. The van der Waals surface area contributed by atoms with Crippen molar-refractivity contribution in [2.45, 2.75) is 22.8 Å². The molecule has 1 heterocycles. The molecule has 3 aromatic carbocycles. The van der Waals surface area contributed by atoms with Crippen LogP contribution in [0.5, 0.6) is 11.5 Å². The van der Waals surface area contributed by atoms with Gasteiger partial charge < -0.3 is 19.3 Å². The van der Waals surface area contributed by atoms with Crippen molar-refractivity contribution >= 4 is 34.7 Å². The molecule has 0 spiro atoms. The van der Waals surface area contributed by atoms with Gasteiger partial charge in [0.2, 0.25) is 0 Å². The number of nitrogens with zero attached hydrogens (tertiary/aromatic N) is 2. The number of benzene rings is 3. The standard InChI is InChI=1S/C25H27ClN2O2S/c1-27(2)12-7-13-28-20-14-19(26)10-11-24(20)31-25-16-22(29-3)23(15-21(25)28)30-17-18-8-5-4-6-9-18/h4-6,8-11,14-16H,7,12-13,17H2,1-3H3. The minimum absolute atomic E-state index is 0.492. The van der Waals surface area contributed by atoms with Crippen molar-refractivity contribution in [3.63, 3.8) is 0 Å². The van der Waals surface area contributed by atoms with Crippen molar-refractivity contribution in [2.75, 3.05) is 39.2 Å². The molecule has 0 radical (unpaired) electrons. The van der Waals surface area contributed by atoms with Crippen LogP contribution in [0, 0.1) is 0 Å². The van der Waals surface area contributed by atoms with Crippen LogP contribution in [-0.4, -0.2) is 39.2 Å². The molecule has 0 saturated heterocycles. The maximum atomic E-state index is 6.36. The summed E-state index contributed by atoms with van der Waals surface area (Å²) < 4.78 is 11.9. The highest BCUT2D eigenvalue weighted by atomic mass is 35.5. The van der Waals surface area contributed by atoms with Gasteiger partial charge in [0.25, 0.3) is 0 Å². The lowest BCUT2D eigenvalue weighted by atomic mass is 10.2. The van der Waals surface area contributed by atoms with Gasteiger partial charge in [0.05, 0.1) is 18.5 Å². The zero-order valence-corrected chi connectivity index (χ0v) is 19.7. The van der Waals surface area contributed by atoms with E-state index in [0.717, 1.165) is 57.9 Å². The van der Waals surface area contributed by atoms with Gasteiger partial charge in [0, 0.05) is 33.5 Å². The second-order valence-corrected chi connectivity index (χ2v) is 9.29. The summed E-state index contributed by atoms with van der Waals surface area (Å²) in [4.78, 5) is 6.91. The molecular weight excluding hydrogens is 428 g/mol. The fourth-order valence-corrected chi connectivity index (χ4v) is 4.91. The van der Waals surface area contributed by atoms with Crippen LogP contribution in [0.15, 0.2) is 70.5 Å². The molecule has 0 N–H and O–H groups in total. The molecule has 4 nitrogen and oxygen atoms in total. The van der Waals surface area contributed by atoms with Gasteiger partial charge in [0.1, 0.15) is 6.61 Å². The zero-order valence-electron chi connectivity index (χ0n) is 18.1. The molecule has 162 valence electrons. The molecule has 6 heteroatoms. The first kappa shape index (κ1) is 21.9. The highest BCUT2D eigenvalue weighted by molar-refractivity contribution is 7.99. The predicted molar refractivity (Wildman–Crippen MR) is 130 cm³/mol. The van der Waals surface area contributed by atoms with Crippen LogP contribution in [-0.2, 0) is 6.61 Å². The number of hydrogen-bond acceptors (Lipinski definition) is 5. The van der Waals surface area contributed by atoms with Gasteiger partial charge in [-0.25, -0.2) is 0 Å². The molecule has 1 aliphatic rings. The average Bonchev–Trinajstić information content (AvgIpc) is 2.77. The van der Waals surface area contributed by atoms with E-state index in [0.29, 0.717) is 6.61 Å². The predicted octanol–water partition coefficient (Wildman–Crippen LogP) is 6.48. The molecule has 1 aliphatic heterocycles. The van der Waals surface area contributed by atoms with E-state index in [1.165, 1.54) is 4.90 Å². The Morgan fingerprint density at radius 2 is 1.71 bits per heavy atom. The monoisotopic (exact) mass is 454 g/mol. The van der Waals surface area contributed by atoms with Gasteiger partial charge >= 0.3 is 0 Å². The van der Waals surface area contributed by atoms with Gasteiger partial charge in [-0.05, 0) is 50.8 Å². The van der Waals surface area contributed by atoms with Crippen LogP contribution < -0.4 is 14.4 Å². The third-order valence-corrected chi connectivity index (χ3v) is 6.54. The van der Waals surface area contributed by atoms with Crippen molar-refractivity contribution in [3.8, 4) is 11.5 Å². The van der Waals surface area contributed by atoms with E-state index in [4.69, 9.17) is 21.1 Å². The van der Waals surface area contributed by atoms with Crippen molar-refractivity contribution in [3.05, 3.63) is 71.2 Å². The Balaban J connectivity index is 1.68. The third kappa shape index (κ3) is 5.12. The van der Waals surface area contributed by atoms with E-state index >= 15 is 0 Å². The SMILES string of the molecule is COc1cc2c(cc1OCc1ccccc1)N(CCCN(C)C)c1cc(Cl)ccc1S2. The van der Waals surface area contributed by atoms with Crippen LogP contribution in [0.3, 0.4) is 0 Å². The van der Waals surface area contributed by atoms with E-state index in [-0.39, 0.29) is 0 Å². The van der Waals surface area contributed by atoms with Gasteiger partial charge in [-0.15, -0.1) is 0 Å². The number of halogens is 1. The summed E-state index contributed by atoms with van der Waals surface area (Å²) in [6.45, 7) is 2.40. The smallest absolute Gasteiger partial charge is 0.163 e. The minimum atomic E-state index is 0.492. The summed E-state index contributed by atoms with van der Waals surface area (Å²) in [5, 5.41) is 0.745. The van der Waals surface area contributed by atoms with Gasteiger partial charge in [-0.3, -0.25) is 0 Å². The molecule has 0 amide bonds. The van der Waals surface area contributed by atoms with E-state index in [9.17, 15) is 0 Å². The summed E-state index contributed by atoms with van der Waals surface area (Å²) in [5.74, 6) is 1.49. The first-order valence-electron chi connectivity index (χ1n) is 10.3. The van der Waals surface area contributed by atoms with Crippen LogP contribution in [0.4, 0.5) is 11.4 Å². The Bertz CT molecular complexity index is 1040. The second-order valence-electron chi connectivity index (χ2n) is 7.77. The summed E-state index contributed by atoms with van der Waals surface area (Å²) in [6.07, 6.45) is 1.04. The van der Waals surface area contributed by atoms with Crippen molar-refractivity contribution in [1.82, 2.24) is 4.90 Å². The lowest BCUT2D eigenvalue weighted by Gasteiger charge is -2.34. The van der Waals surface area contributed by atoms with E-state index < -0.39 is 0 Å². The number of rotatable bonds is 8. The molecule has 31 heavy (non-hydrogen) atoms. The topological polar surface area (TPSA) is 24.9 Å². The molecule has 3 aromatic rings. The normalized spacial score (nSPS) is 12.5. The van der Waals surface area contributed by atoms with E-state index in [1.807, 2.05) is 24.3 Å². The Morgan fingerprint density at radius 1 is 0.935 bits per heavy atom. The fraction of sp³-hybridized carbons (Fsp3) is 0.280. The number of fused-ring (bicyclic) bond motifs is 2. The summed E-state index contributed by atoms with van der Waals surface area (Å²) >= 11 is 8.10. The van der Waals surface area contributed by atoms with Crippen LogP contribution in [0.1, 0.15) is 12.0 Å². The van der Waals surface area contributed by atoms with Gasteiger partial charge in [-0.1, -0.05) is 53.7 Å². The molecule has 4 rings (SSSR count). The maximum absolute atomic E-state index is 6.36. The highest BCUT2D eigenvalue weighted by Gasteiger charge is 2.26. The van der Waals surface area contributed by atoms with E-state index in [1.54, 1.807) is 18.9 Å².